The van der Waals surface area contributed by atoms with Crippen LogP contribution in [0.4, 0.5) is 5.69 Å². The molecule has 1 amide bonds. The Balaban J connectivity index is 2.31. The molecule has 0 unspecified atom stereocenters. The third-order valence-corrected chi connectivity index (χ3v) is 3.07. The number of aromatic nitrogens is 2. The first-order valence-electron chi connectivity index (χ1n) is 5.65. The van der Waals surface area contributed by atoms with Crippen molar-refractivity contribution in [1.29, 1.82) is 0 Å². The first-order valence-corrected chi connectivity index (χ1v) is 6.44. The molecular formula is C12H12BrN3O3. The number of carbonyl (C=O) groups excluding carboxylic acids is 1. The fraction of sp³-hybridized carbons (Fsp3) is 0.250. The maximum absolute atomic E-state index is 11.9. The number of hydrogen-bond donors (Lipinski definition) is 1. The number of nitrogens with one attached hydrogen (secondary N) is 1. The minimum Gasteiger partial charge on any atom is -0.361 e. The third-order valence-electron chi connectivity index (χ3n) is 2.51. The Morgan fingerprint density at radius 2 is 2.26 bits per heavy atom. The van der Waals surface area contributed by atoms with Gasteiger partial charge in [-0.05, 0) is 29.8 Å². The summed E-state index contributed by atoms with van der Waals surface area (Å²) in [6.07, 6.45) is 3.25. The van der Waals surface area contributed by atoms with Crippen LogP contribution in [-0.2, 0) is 6.54 Å². The molecule has 0 atom stereocenters. The number of aryl methyl sites for hydroxylation is 2. The van der Waals surface area contributed by atoms with Gasteiger partial charge in [0.25, 0.3) is 5.91 Å². The lowest BCUT2D eigenvalue weighted by atomic mass is 10.3. The molecule has 0 aliphatic carbocycles. The van der Waals surface area contributed by atoms with Crippen LogP contribution in [0.2, 0.25) is 0 Å². The molecule has 0 aliphatic rings. The summed E-state index contributed by atoms with van der Waals surface area (Å²) in [5, 5.41) is 6.13. The predicted molar refractivity (Wildman–Crippen MR) is 73.3 cm³/mol. The smallest absolute Gasteiger partial charge is 0.277 e. The van der Waals surface area contributed by atoms with Gasteiger partial charge in [0.05, 0.1) is 4.47 Å². The molecule has 2 heterocycles. The first-order chi connectivity index (χ1) is 9.01. The number of amides is 1. The van der Waals surface area contributed by atoms with Crippen LogP contribution in [0.25, 0.3) is 0 Å². The van der Waals surface area contributed by atoms with Crippen molar-refractivity contribution >= 4 is 27.5 Å². The van der Waals surface area contributed by atoms with E-state index >= 15 is 0 Å². The zero-order chi connectivity index (χ0) is 14.0. The van der Waals surface area contributed by atoms with E-state index in [0.29, 0.717) is 16.8 Å². The summed E-state index contributed by atoms with van der Waals surface area (Å²) in [5.41, 5.74) is 0.0556. The molecule has 2 aromatic rings. The van der Waals surface area contributed by atoms with Gasteiger partial charge in [0.1, 0.15) is 11.4 Å². The second kappa shape index (κ2) is 5.40. The lowest BCUT2D eigenvalue weighted by Gasteiger charge is -2.08. The summed E-state index contributed by atoms with van der Waals surface area (Å²) in [5.74, 6) is 0.0556. The maximum Gasteiger partial charge on any atom is 0.277 e. The van der Waals surface area contributed by atoms with E-state index in [1.165, 1.54) is 6.07 Å². The molecule has 0 fully saturated rings. The molecular weight excluding hydrogens is 314 g/mol. The second-order valence-electron chi connectivity index (χ2n) is 3.96. The predicted octanol–water partition coefficient (Wildman–Crippen LogP) is 2.18. The highest BCUT2D eigenvalue weighted by molar-refractivity contribution is 9.10. The molecule has 0 radical (unpaired) electrons. The van der Waals surface area contributed by atoms with E-state index < -0.39 is 5.91 Å². The lowest BCUT2D eigenvalue weighted by Crippen LogP contribution is -2.20. The quantitative estimate of drug-likeness (QED) is 0.938. The minimum atomic E-state index is -0.477. The Morgan fingerprint density at radius 1 is 1.53 bits per heavy atom. The Labute approximate surface area is 117 Å². The van der Waals surface area contributed by atoms with E-state index in [9.17, 15) is 9.59 Å². The van der Waals surface area contributed by atoms with Crippen LogP contribution in [0.15, 0.2) is 32.3 Å². The van der Waals surface area contributed by atoms with E-state index in [1.54, 1.807) is 23.9 Å². The number of nitrogens with zero attached hydrogens (tertiary/aromatic N) is 2. The molecule has 1 N–H and O–H groups in total. The monoisotopic (exact) mass is 325 g/mol. The highest BCUT2D eigenvalue weighted by Crippen LogP contribution is 2.10. The Bertz CT molecular complexity index is 675. The molecule has 2 aromatic heterocycles. The molecule has 19 heavy (non-hydrogen) atoms. The van der Waals surface area contributed by atoms with Gasteiger partial charge >= 0.3 is 0 Å². The largest absolute Gasteiger partial charge is 0.361 e. The van der Waals surface area contributed by atoms with Crippen LogP contribution < -0.4 is 10.7 Å². The number of hydrogen-bond acceptors (Lipinski definition) is 4. The second-order valence-corrected chi connectivity index (χ2v) is 4.81. The molecule has 0 bridgehead atoms. The van der Waals surface area contributed by atoms with Crippen LogP contribution in [0.5, 0.6) is 0 Å². The van der Waals surface area contributed by atoms with Crippen molar-refractivity contribution in [3.05, 3.63) is 44.6 Å². The van der Waals surface area contributed by atoms with Gasteiger partial charge < -0.3 is 14.4 Å². The SMILES string of the molecule is CCn1cc(Br)c(=O)c(NC(=O)c2cc(C)on2)c1. The molecule has 100 valence electrons. The highest BCUT2D eigenvalue weighted by atomic mass is 79.9. The van der Waals surface area contributed by atoms with E-state index in [4.69, 9.17) is 4.52 Å². The van der Waals surface area contributed by atoms with E-state index in [-0.39, 0.29) is 16.8 Å². The Kier molecular flexibility index (Phi) is 3.84. The average molecular weight is 326 g/mol. The molecule has 0 spiro atoms. The molecule has 7 heteroatoms. The number of rotatable bonds is 3. The Morgan fingerprint density at radius 3 is 2.84 bits per heavy atom. The fourth-order valence-electron chi connectivity index (χ4n) is 1.53. The topological polar surface area (TPSA) is 77.1 Å². The van der Waals surface area contributed by atoms with E-state index in [0.717, 1.165) is 0 Å². The van der Waals surface area contributed by atoms with Crippen molar-refractivity contribution in [2.45, 2.75) is 20.4 Å². The molecule has 6 nitrogen and oxygen atoms in total. The van der Waals surface area contributed by atoms with Gasteiger partial charge in [-0.3, -0.25) is 9.59 Å². The van der Waals surface area contributed by atoms with Crippen molar-refractivity contribution < 1.29 is 9.32 Å². The van der Waals surface area contributed by atoms with Crippen molar-refractivity contribution in [2.24, 2.45) is 0 Å². The van der Waals surface area contributed by atoms with Gasteiger partial charge in [-0.15, -0.1) is 0 Å². The minimum absolute atomic E-state index is 0.139. The van der Waals surface area contributed by atoms with Crippen molar-refractivity contribution in [3.8, 4) is 0 Å². The number of pyridine rings is 1. The van der Waals surface area contributed by atoms with Gasteiger partial charge in [-0.25, -0.2) is 0 Å². The molecule has 0 saturated heterocycles. The molecule has 2 rings (SSSR count). The summed E-state index contributed by atoms with van der Waals surface area (Å²) in [4.78, 5) is 23.8. The van der Waals surface area contributed by atoms with Gasteiger partial charge in [-0.2, -0.15) is 0 Å². The normalized spacial score (nSPS) is 10.5. The van der Waals surface area contributed by atoms with E-state index in [2.05, 4.69) is 26.4 Å². The van der Waals surface area contributed by atoms with E-state index in [1.807, 2.05) is 6.92 Å². The number of carbonyl (C=O) groups is 1. The number of anilines is 1. The summed E-state index contributed by atoms with van der Waals surface area (Å²) in [6, 6.07) is 1.51. The Hall–Kier alpha value is -1.89. The van der Waals surface area contributed by atoms with Gasteiger partial charge in [0.2, 0.25) is 5.43 Å². The first kappa shape index (κ1) is 13.5. The van der Waals surface area contributed by atoms with Crippen LogP contribution in [0.1, 0.15) is 23.2 Å². The zero-order valence-electron chi connectivity index (χ0n) is 10.4. The fourth-order valence-corrected chi connectivity index (χ4v) is 2.00. The molecule has 0 saturated carbocycles. The standard InChI is InChI=1S/C12H12BrN3O3/c1-3-16-5-8(13)11(17)10(6-16)14-12(18)9-4-7(2)19-15-9/h4-6H,3H2,1-2H3,(H,14,18). The van der Waals surface area contributed by atoms with Crippen LogP contribution >= 0.6 is 15.9 Å². The third kappa shape index (κ3) is 2.93. The van der Waals surface area contributed by atoms with Crippen molar-refractivity contribution in [2.75, 3.05) is 5.32 Å². The number of halogens is 1. The summed E-state index contributed by atoms with van der Waals surface area (Å²) in [6.45, 7) is 4.31. The summed E-state index contributed by atoms with van der Waals surface area (Å²) in [7, 11) is 0. The van der Waals surface area contributed by atoms with Gasteiger partial charge in [-0.1, -0.05) is 5.16 Å². The lowest BCUT2D eigenvalue weighted by molar-refractivity contribution is 0.101. The molecule has 0 aromatic carbocycles. The average Bonchev–Trinajstić information content (AvgIpc) is 2.81. The van der Waals surface area contributed by atoms with Crippen molar-refractivity contribution in [1.82, 2.24) is 9.72 Å². The maximum atomic E-state index is 11.9. The summed E-state index contributed by atoms with van der Waals surface area (Å²) >= 11 is 3.17. The van der Waals surface area contributed by atoms with Crippen molar-refractivity contribution in [3.63, 3.8) is 0 Å². The van der Waals surface area contributed by atoms with Crippen LogP contribution in [-0.4, -0.2) is 15.6 Å². The highest BCUT2D eigenvalue weighted by Gasteiger charge is 2.14. The van der Waals surface area contributed by atoms with Gasteiger partial charge in [0, 0.05) is 25.0 Å². The van der Waals surface area contributed by atoms with Crippen LogP contribution in [0, 0.1) is 6.92 Å². The van der Waals surface area contributed by atoms with Crippen LogP contribution in [0.3, 0.4) is 0 Å². The molecule has 0 aliphatic heterocycles. The van der Waals surface area contributed by atoms with Gasteiger partial charge in [0.15, 0.2) is 5.69 Å². The zero-order valence-corrected chi connectivity index (χ0v) is 12.0. The summed E-state index contributed by atoms with van der Waals surface area (Å²) < 4.78 is 7.00.